The van der Waals surface area contributed by atoms with Crippen LogP contribution in [0.5, 0.6) is 0 Å². The van der Waals surface area contributed by atoms with Gasteiger partial charge >= 0.3 is 0 Å². The van der Waals surface area contributed by atoms with E-state index in [1.807, 2.05) is 6.92 Å². The minimum Gasteiger partial charge on any atom is -0.379 e. The Hall–Kier alpha value is -0.760. The molecule has 1 nitrogen and oxygen atoms in total. The summed E-state index contributed by atoms with van der Waals surface area (Å²) in [5.41, 5.74) is 0.419. The van der Waals surface area contributed by atoms with Crippen LogP contribution in [0.2, 0.25) is 5.02 Å². The third-order valence-electron chi connectivity index (χ3n) is 2.34. The molecule has 0 aliphatic carbocycles. The Balaban J connectivity index is 2.63. The molecule has 1 aromatic rings. The van der Waals surface area contributed by atoms with E-state index in [0.29, 0.717) is 10.7 Å². The first kappa shape index (κ1) is 12.3. The zero-order valence-electron chi connectivity index (χ0n) is 9.19. The number of unbranched alkanes of at least 4 members (excludes halogenated alkanes) is 1. The van der Waals surface area contributed by atoms with E-state index in [0.717, 1.165) is 19.3 Å². The summed E-state index contributed by atoms with van der Waals surface area (Å²) in [6, 6.07) is 4.97. The lowest BCUT2D eigenvalue weighted by molar-refractivity contribution is 0.612. The summed E-state index contributed by atoms with van der Waals surface area (Å²) in [5.74, 6) is -0.286. The van der Waals surface area contributed by atoms with E-state index < -0.39 is 0 Å². The summed E-state index contributed by atoms with van der Waals surface area (Å²) in [4.78, 5) is 0. The maximum absolute atomic E-state index is 13.4. The quantitative estimate of drug-likeness (QED) is 0.786. The smallest absolute Gasteiger partial charge is 0.147 e. The fraction of sp³-hybridized carbons (Fsp3) is 0.500. The molecule has 15 heavy (non-hydrogen) atoms. The van der Waals surface area contributed by atoms with Gasteiger partial charge in [-0.1, -0.05) is 37.4 Å². The fourth-order valence-corrected chi connectivity index (χ4v) is 1.68. The number of para-hydroxylation sites is 1. The summed E-state index contributed by atoms with van der Waals surface area (Å²) in [6.45, 7) is 4.18. The van der Waals surface area contributed by atoms with Gasteiger partial charge in [-0.25, -0.2) is 4.39 Å². The normalized spacial score (nSPS) is 12.5. The zero-order valence-corrected chi connectivity index (χ0v) is 9.94. The summed E-state index contributed by atoms with van der Waals surface area (Å²) in [5, 5.41) is 3.55. The van der Waals surface area contributed by atoms with E-state index >= 15 is 0 Å². The molecule has 0 amide bonds. The third kappa shape index (κ3) is 3.71. The van der Waals surface area contributed by atoms with Gasteiger partial charge in [0.1, 0.15) is 5.82 Å². The van der Waals surface area contributed by atoms with Crippen LogP contribution in [-0.4, -0.2) is 6.04 Å². The predicted octanol–water partition coefficient (Wildman–Crippen LogP) is 4.47. The van der Waals surface area contributed by atoms with Gasteiger partial charge in [0, 0.05) is 6.04 Å². The minimum absolute atomic E-state index is 0.249. The average molecular weight is 230 g/mol. The second kappa shape index (κ2) is 5.96. The first-order valence-electron chi connectivity index (χ1n) is 5.35. The zero-order chi connectivity index (χ0) is 11.3. The van der Waals surface area contributed by atoms with Crippen LogP contribution < -0.4 is 5.32 Å². The van der Waals surface area contributed by atoms with Gasteiger partial charge in [0.15, 0.2) is 0 Å². The first-order valence-corrected chi connectivity index (χ1v) is 5.73. The van der Waals surface area contributed by atoms with Gasteiger partial charge in [-0.05, 0) is 25.5 Å². The Morgan fingerprint density at radius 1 is 1.47 bits per heavy atom. The van der Waals surface area contributed by atoms with Crippen molar-refractivity contribution < 1.29 is 4.39 Å². The van der Waals surface area contributed by atoms with Crippen molar-refractivity contribution in [1.29, 1.82) is 0 Å². The van der Waals surface area contributed by atoms with Crippen LogP contribution in [-0.2, 0) is 0 Å². The average Bonchev–Trinajstić information content (AvgIpc) is 2.21. The van der Waals surface area contributed by atoms with Crippen LogP contribution >= 0.6 is 11.6 Å². The molecule has 1 unspecified atom stereocenters. The highest BCUT2D eigenvalue weighted by atomic mass is 35.5. The molecule has 0 saturated heterocycles. The number of halogens is 2. The van der Waals surface area contributed by atoms with E-state index in [1.165, 1.54) is 6.07 Å². The maximum atomic E-state index is 13.4. The summed E-state index contributed by atoms with van der Waals surface area (Å²) in [7, 11) is 0. The SMILES string of the molecule is CCCCC(C)Nc1c(F)cccc1Cl. The largest absolute Gasteiger partial charge is 0.379 e. The number of rotatable bonds is 5. The molecule has 84 valence electrons. The molecule has 0 saturated carbocycles. The van der Waals surface area contributed by atoms with E-state index in [4.69, 9.17) is 11.6 Å². The number of hydrogen-bond acceptors (Lipinski definition) is 1. The van der Waals surface area contributed by atoms with Crippen molar-refractivity contribution in [2.75, 3.05) is 5.32 Å². The molecule has 0 heterocycles. The highest BCUT2D eigenvalue weighted by molar-refractivity contribution is 6.33. The van der Waals surface area contributed by atoms with Crippen molar-refractivity contribution in [3.63, 3.8) is 0 Å². The van der Waals surface area contributed by atoms with Gasteiger partial charge in [-0.2, -0.15) is 0 Å². The van der Waals surface area contributed by atoms with Crippen LogP contribution in [0.25, 0.3) is 0 Å². The van der Waals surface area contributed by atoms with Gasteiger partial charge in [-0.15, -0.1) is 0 Å². The number of anilines is 1. The molecule has 3 heteroatoms. The highest BCUT2D eigenvalue weighted by Gasteiger charge is 2.09. The Bertz CT molecular complexity index is 294. The van der Waals surface area contributed by atoms with E-state index in [2.05, 4.69) is 12.2 Å². The molecule has 0 spiro atoms. The molecule has 0 aliphatic rings. The Morgan fingerprint density at radius 2 is 2.20 bits per heavy atom. The molecule has 1 aromatic carbocycles. The molecule has 1 rings (SSSR count). The third-order valence-corrected chi connectivity index (χ3v) is 2.66. The highest BCUT2D eigenvalue weighted by Crippen LogP contribution is 2.25. The molecule has 0 bridgehead atoms. The van der Waals surface area contributed by atoms with Crippen molar-refractivity contribution in [2.24, 2.45) is 0 Å². The van der Waals surface area contributed by atoms with Gasteiger partial charge in [0.05, 0.1) is 10.7 Å². The summed E-state index contributed by atoms with van der Waals surface area (Å²) < 4.78 is 13.4. The molecule has 1 N–H and O–H groups in total. The number of nitrogens with one attached hydrogen (secondary N) is 1. The van der Waals surface area contributed by atoms with Gasteiger partial charge in [0.25, 0.3) is 0 Å². The minimum atomic E-state index is -0.286. The van der Waals surface area contributed by atoms with Crippen molar-refractivity contribution in [3.8, 4) is 0 Å². The van der Waals surface area contributed by atoms with Crippen LogP contribution in [0, 0.1) is 5.82 Å². The van der Waals surface area contributed by atoms with E-state index in [1.54, 1.807) is 12.1 Å². The summed E-state index contributed by atoms with van der Waals surface area (Å²) in [6.07, 6.45) is 3.32. The molecular weight excluding hydrogens is 213 g/mol. The lowest BCUT2D eigenvalue weighted by Crippen LogP contribution is -2.16. The first-order chi connectivity index (χ1) is 7.15. The fourth-order valence-electron chi connectivity index (χ4n) is 1.46. The van der Waals surface area contributed by atoms with Crippen LogP contribution in [0.15, 0.2) is 18.2 Å². The lowest BCUT2D eigenvalue weighted by Gasteiger charge is -2.16. The topological polar surface area (TPSA) is 12.0 Å². The van der Waals surface area contributed by atoms with E-state index in [-0.39, 0.29) is 11.9 Å². The van der Waals surface area contributed by atoms with Crippen LogP contribution in [0.3, 0.4) is 0 Å². The van der Waals surface area contributed by atoms with Crippen molar-refractivity contribution >= 4 is 17.3 Å². The van der Waals surface area contributed by atoms with E-state index in [9.17, 15) is 4.39 Å². The summed E-state index contributed by atoms with van der Waals surface area (Å²) >= 11 is 5.91. The predicted molar refractivity (Wildman–Crippen MR) is 64.0 cm³/mol. The molecule has 0 aliphatic heterocycles. The molecule has 0 fully saturated rings. The Kier molecular flexibility index (Phi) is 4.89. The molecule has 0 radical (unpaired) electrons. The Labute approximate surface area is 95.6 Å². The molecule has 1 atom stereocenters. The Morgan fingerprint density at radius 3 is 2.80 bits per heavy atom. The van der Waals surface area contributed by atoms with Gasteiger partial charge in [-0.3, -0.25) is 0 Å². The van der Waals surface area contributed by atoms with Crippen molar-refractivity contribution in [3.05, 3.63) is 29.0 Å². The maximum Gasteiger partial charge on any atom is 0.147 e. The van der Waals surface area contributed by atoms with Crippen LogP contribution in [0.1, 0.15) is 33.1 Å². The van der Waals surface area contributed by atoms with Crippen LogP contribution in [0.4, 0.5) is 10.1 Å². The molecule has 0 aromatic heterocycles. The van der Waals surface area contributed by atoms with Gasteiger partial charge < -0.3 is 5.32 Å². The number of benzene rings is 1. The van der Waals surface area contributed by atoms with Gasteiger partial charge in [0.2, 0.25) is 0 Å². The monoisotopic (exact) mass is 229 g/mol. The lowest BCUT2D eigenvalue weighted by atomic mass is 10.1. The second-order valence-electron chi connectivity index (χ2n) is 3.78. The molecular formula is C12H17ClFN. The van der Waals surface area contributed by atoms with Crippen molar-refractivity contribution in [2.45, 2.75) is 39.2 Å². The van der Waals surface area contributed by atoms with Crippen molar-refractivity contribution in [1.82, 2.24) is 0 Å². The number of hydrogen-bond donors (Lipinski definition) is 1. The second-order valence-corrected chi connectivity index (χ2v) is 4.19. The standard InChI is InChI=1S/C12H17ClFN/c1-3-4-6-9(2)15-12-10(13)7-5-8-11(12)14/h5,7-9,15H,3-4,6H2,1-2H3.